The van der Waals surface area contributed by atoms with Crippen molar-refractivity contribution < 1.29 is 13.7 Å². The van der Waals surface area contributed by atoms with Crippen LogP contribution in [0.25, 0.3) is 33.1 Å². The zero-order valence-corrected chi connectivity index (χ0v) is 16.0. The summed E-state index contributed by atoms with van der Waals surface area (Å²) >= 11 is 3.16. The number of benzene rings is 1. The molecule has 0 fully saturated rings. The minimum absolute atomic E-state index is 0.151. The van der Waals surface area contributed by atoms with Gasteiger partial charge in [0.15, 0.2) is 5.58 Å². The van der Waals surface area contributed by atoms with Crippen LogP contribution >= 0.6 is 22.7 Å². The average Bonchev–Trinajstić information content (AvgIpc) is 3.51. The molecule has 0 unspecified atom stereocenters. The van der Waals surface area contributed by atoms with Gasteiger partial charge in [-0.2, -0.15) is 0 Å². The molecule has 0 bridgehead atoms. The summed E-state index contributed by atoms with van der Waals surface area (Å²) in [6.45, 7) is 0.499. The van der Waals surface area contributed by atoms with E-state index in [-0.39, 0.29) is 5.91 Å². The lowest BCUT2D eigenvalue weighted by Gasteiger charge is -2.03. The van der Waals surface area contributed by atoms with Crippen molar-refractivity contribution in [2.24, 2.45) is 0 Å². The van der Waals surface area contributed by atoms with Crippen molar-refractivity contribution in [3.63, 3.8) is 0 Å². The molecule has 0 radical (unpaired) electrons. The van der Waals surface area contributed by atoms with Gasteiger partial charge in [-0.05, 0) is 41.1 Å². The number of hydrogen-bond donors (Lipinski definition) is 1. The summed E-state index contributed by atoms with van der Waals surface area (Å²) in [5, 5.41) is 11.7. The number of nitrogens with one attached hydrogen (secondary N) is 1. The minimum atomic E-state index is -0.151. The van der Waals surface area contributed by atoms with Gasteiger partial charge in [0.2, 0.25) is 5.89 Å². The van der Waals surface area contributed by atoms with Crippen molar-refractivity contribution in [3.05, 3.63) is 69.9 Å². The summed E-state index contributed by atoms with van der Waals surface area (Å²) in [4.78, 5) is 19.1. The van der Waals surface area contributed by atoms with Crippen molar-refractivity contribution in [1.82, 2.24) is 15.5 Å². The highest BCUT2D eigenvalue weighted by molar-refractivity contribution is 7.13. The van der Waals surface area contributed by atoms with Gasteiger partial charge in [0.05, 0.1) is 16.8 Å². The normalized spacial score (nSPS) is 11.1. The molecule has 0 spiro atoms. The Balaban J connectivity index is 1.44. The van der Waals surface area contributed by atoms with E-state index in [0.717, 1.165) is 15.1 Å². The van der Waals surface area contributed by atoms with E-state index in [4.69, 9.17) is 8.94 Å². The van der Waals surface area contributed by atoms with Crippen LogP contribution in [0.2, 0.25) is 0 Å². The first-order valence-corrected chi connectivity index (χ1v) is 10.2. The maximum Gasteiger partial charge on any atom is 0.251 e. The van der Waals surface area contributed by atoms with Crippen LogP contribution in [0.1, 0.15) is 15.2 Å². The van der Waals surface area contributed by atoms with Crippen LogP contribution in [0.3, 0.4) is 0 Å². The summed E-state index contributed by atoms with van der Waals surface area (Å²) in [7, 11) is 0. The predicted molar refractivity (Wildman–Crippen MR) is 108 cm³/mol. The minimum Gasteiger partial charge on any atom is -0.443 e. The van der Waals surface area contributed by atoms with Crippen molar-refractivity contribution in [1.29, 1.82) is 0 Å². The lowest BCUT2D eigenvalue weighted by atomic mass is 10.1. The first-order chi connectivity index (χ1) is 13.8. The van der Waals surface area contributed by atoms with Crippen LogP contribution < -0.4 is 5.32 Å². The van der Waals surface area contributed by atoms with E-state index < -0.39 is 0 Å². The number of carbonyl (C=O) groups excluding carboxylic acids is 1. The number of oxazole rings is 1. The van der Waals surface area contributed by atoms with Crippen LogP contribution in [0.15, 0.2) is 68.4 Å². The van der Waals surface area contributed by atoms with Gasteiger partial charge in [0.1, 0.15) is 17.7 Å². The second-order valence-electron chi connectivity index (χ2n) is 6.02. The number of hydrogen-bond acceptors (Lipinski definition) is 7. The molecule has 4 aromatic heterocycles. The standard InChI is InChI=1S/C20H13N3O3S2/c24-19(21-10-13-3-1-7-27-13)12-5-6-16-14(9-12)18(23-26-16)15-11-25-20(22-15)17-4-2-8-28-17/h1-9,11H,10H2,(H,21,24). The van der Waals surface area contributed by atoms with Gasteiger partial charge >= 0.3 is 0 Å². The van der Waals surface area contributed by atoms with Crippen LogP contribution in [-0.2, 0) is 6.54 Å². The highest BCUT2D eigenvalue weighted by Gasteiger charge is 2.18. The van der Waals surface area contributed by atoms with Gasteiger partial charge in [0, 0.05) is 10.4 Å². The Morgan fingerprint density at radius 3 is 2.82 bits per heavy atom. The summed E-state index contributed by atoms with van der Waals surface area (Å²) in [5.74, 6) is 0.382. The third-order valence-corrected chi connectivity index (χ3v) is 5.95. The lowest BCUT2D eigenvalue weighted by Crippen LogP contribution is -2.22. The number of aromatic nitrogens is 2. The Kier molecular flexibility index (Phi) is 4.27. The second kappa shape index (κ2) is 7.06. The molecule has 138 valence electrons. The molecular weight excluding hydrogens is 394 g/mol. The fourth-order valence-corrected chi connectivity index (χ4v) is 4.14. The fraction of sp³-hybridized carbons (Fsp3) is 0.0500. The Morgan fingerprint density at radius 2 is 2.00 bits per heavy atom. The van der Waals surface area contributed by atoms with E-state index in [1.165, 1.54) is 0 Å². The number of rotatable bonds is 5. The summed E-state index contributed by atoms with van der Waals surface area (Å²) in [6, 6.07) is 13.1. The zero-order chi connectivity index (χ0) is 18.9. The number of carbonyl (C=O) groups is 1. The molecule has 4 heterocycles. The van der Waals surface area contributed by atoms with Crippen molar-refractivity contribution >= 4 is 39.5 Å². The van der Waals surface area contributed by atoms with E-state index in [2.05, 4.69) is 15.5 Å². The molecule has 0 aliphatic carbocycles. The van der Waals surface area contributed by atoms with E-state index in [1.807, 2.05) is 35.0 Å². The predicted octanol–water partition coefficient (Wildman–Crippen LogP) is 5.20. The van der Waals surface area contributed by atoms with Crippen LogP contribution in [0.4, 0.5) is 0 Å². The molecule has 0 saturated carbocycles. The summed E-state index contributed by atoms with van der Waals surface area (Å²) in [5.41, 5.74) is 2.24. The quantitative estimate of drug-likeness (QED) is 0.433. The van der Waals surface area contributed by atoms with Crippen molar-refractivity contribution in [2.45, 2.75) is 6.54 Å². The summed E-state index contributed by atoms with van der Waals surface area (Å²) < 4.78 is 11.0. The molecule has 1 amide bonds. The third-order valence-electron chi connectivity index (χ3n) is 4.21. The van der Waals surface area contributed by atoms with Gasteiger partial charge in [-0.25, -0.2) is 4.98 Å². The molecule has 0 saturated heterocycles. The number of fused-ring (bicyclic) bond motifs is 1. The van der Waals surface area contributed by atoms with E-state index in [1.54, 1.807) is 47.1 Å². The fourth-order valence-electron chi connectivity index (χ4n) is 2.84. The van der Waals surface area contributed by atoms with E-state index in [9.17, 15) is 4.79 Å². The van der Waals surface area contributed by atoms with Crippen LogP contribution in [0.5, 0.6) is 0 Å². The number of thiophene rings is 2. The van der Waals surface area contributed by atoms with Crippen LogP contribution in [-0.4, -0.2) is 16.0 Å². The zero-order valence-electron chi connectivity index (χ0n) is 14.4. The largest absolute Gasteiger partial charge is 0.443 e. The van der Waals surface area contributed by atoms with Gasteiger partial charge in [-0.1, -0.05) is 17.3 Å². The maximum absolute atomic E-state index is 12.5. The molecule has 0 atom stereocenters. The van der Waals surface area contributed by atoms with Gasteiger partial charge in [-0.15, -0.1) is 22.7 Å². The molecule has 1 N–H and O–H groups in total. The first kappa shape index (κ1) is 16.9. The Morgan fingerprint density at radius 1 is 1.11 bits per heavy atom. The number of nitrogens with zero attached hydrogens (tertiary/aromatic N) is 2. The smallest absolute Gasteiger partial charge is 0.251 e. The van der Waals surface area contributed by atoms with Crippen LogP contribution in [0, 0.1) is 0 Å². The highest BCUT2D eigenvalue weighted by Crippen LogP contribution is 2.31. The van der Waals surface area contributed by atoms with Gasteiger partial charge in [0.25, 0.3) is 5.91 Å². The Bertz CT molecular complexity index is 1240. The third kappa shape index (κ3) is 3.12. The van der Waals surface area contributed by atoms with E-state index in [0.29, 0.717) is 35.0 Å². The van der Waals surface area contributed by atoms with Gasteiger partial charge in [-0.3, -0.25) is 4.79 Å². The molecule has 0 aliphatic heterocycles. The monoisotopic (exact) mass is 407 g/mol. The number of amides is 1. The van der Waals surface area contributed by atoms with Crippen molar-refractivity contribution in [3.8, 4) is 22.2 Å². The molecule has 28 heavy (non-hydrogen) atoms. The van der Waals surface area contributed by atoms with Gasteiger partial charge < -0.3 is 14.3 Å². The lowest BCUT2D eigenvalue weighted by molar-refractivity contribution is 0.0951. The topological polar surface area (TPSA) is 81.2 Å². The molecule has 0 aliphatic rings. The SMILES string of the molecule is O=C(NCc1cccs1)c1ccc2onc(-c3coc(-c4cccs4)n3)c2c1. The molecule has 8 heteroatoms. The highest BCUT2D eigenvalue weighted by atomic mass is 32.1. The second-order valence-corrected chi connectivity index (χ2v) is 8.00. The maximum atomic E-state index is 12.5. The molecular formula is C20H13N3O3S2. The van der Waals surface area contributed by atoms with E-state index >= 15 is 0 Å². The Labute approximate surface area is 167 Å². The first-order valence-electron chi connectivity index (χ1n) is 8.48. The summed E-state index contributed by atoms with van der Waals surface area (Å²) in [6.07, 6.45) is 1.55. The molecule has 1 aromatic carbocycles. The molecule has 5 aromatic rings. The Hall–Kier alpha value is -3.23. The molecule has 6 nitrogen and oxygen atoms in total. The molecule has 5 rings (SSSR count). The average molecular weight is 407 g/mol. The van der Waals surface area contributed by atoms with Crippen molar-refractivity contribution in [2.75, 3.05) is 0 Å².